The van der Waals surface area contributed by atoms with E-state index in [4.69, 9.17) is 4.74 Å². The average molecular weight is 549 g/mol. The summed E-state index contributed by atoms with van der Waals surface area (Å²) in [5.74, 6) is 6.06. The highest BCUT2D eigenvalue weighted by molar-refractivity contribution is 6.12. The number of carbonyl (C=O) groups is 3. The van der Waals surface area contributed by atoms with Gasteiger partial charge in [0.25, 0.3) is 0 Å². The van der Waals surface area contributed by atoms with Gasteiger partial charge in [0, 0.05) is 28.6 Å². The summed E-state index contributed by atoms with van der Waals surface area (Å²) in [5, 5.41) is 5.44. The van der Waals surface area contributed by atoms with Crippen molar-refractivity contribution in [3.05, 3.63) is 107 Å². The first-order valence-corrected chi connectivity index (χ1v) is 13.1. The number of rotatable bonds is 6. The number of imidazole rings is 1. The van der Waals surface area contributed by atoms with Gasteiger partial charge >= 0.3 is 6.09 Å². The fourth-order valence-electron chi connectivity index (χ4n) is 4.06. The van der Waals surface area contributed by atoms with Gasteiger partial charge in [-0.15, -0.1) is 0 Å². The number of amides is 2. The van der Waals surface area contributed by atoms with E-state index in [1.807, 2.05) is 61.0 Å². The van der Waals surface area contributed by atoms with Crippen LogP contribution in [0.4, 0.5) is 16.2 Å². The number of nitrogens with zero attached hydrogens (tertiary/aromatic N) is 2. The van der Waals surface area contributed by atoms with E-state index in [0.717, 1.165) is 22.8 Å². The van der Waals surface area contributed by atoms with Crippen molar-refractivity contribution >= 4 is 29.2 Å². The summed E-state index contributed by atoms with van der Waals surface area (Å²) in [4.78, 5) is 43.0. The predicted octanol–water partition coefficient (Wildman–Crippen LogP) is 6.45. The zero-order valence-corrected chi connectivity index (χ0v) is 23.7. The third-order valence-corrected chi connectivity index (χ3v) is 5.82. The molecule has 2 amide bonds. The Hall–Kier alpha value is -5.16. The normalized spacial score (nSPS) is 10.8. The van der Waals surface area contributed by atoms with Crippen LogP contribution in [0.5, 0.6) is 0 Å². The molecule has 0 saturated carbocycles. The van der Waals surface area contributed by atoms with Gasteiger partial charge in [-0.2, -0.15) is 0 Å². The molecule has 0 atom stereocenters. The highest BCUT2D eigenvalue weighted by Crippen LogP contribution is 2.25. The molecule has 41 heavy (non-hydrogen) atoms. The fraction of sp³-hybridized carbons (Fsp3) is 0.212. The summed E-state index contributed by atoms with van der Waals surface area (Å²) in [7, 11) is 0. The quantitative estimate of drug-likeness (QED) is 0.164. The van der Waals surface area contributed by atoms with E-state index in [1.54, 1.807) is 57.2 Å². The number of Topliss-reactive ketones (excluding diaryl/α,β-unsaturated/α-hetero) is 1. The van der Waals surface area contributed by atoms with Gasteiger partial charge in [0.2, 0.25) is 5.91 Å². The van der Waals surface area contributed by atoms with Gasteiger partial charge in [0.1, 0.15) is 11.4 Å². The van der Waals surface area contributed by atoms with Gasteiger partial charge in [-0.05, 0) is 77.1 Å². The van der Waals surface area contributed by atoms with Gasteiger partial charge in [-0.1, -0.05) is 42.2 Å². The van der Waals surface area contributed by atoms with E-state index in [-0.39, 0.29) is 5.78 Å². The van der Waals surface area contributed by atoms with Crippen LogP contribution in [0.2, 0.25) is 0 Å². The molecule has 0 radical (unpaired) electrons. The minimum Gasteiger partial charge on any atom is -0.444 e. The standard InChI is InChI=1S/C33H32N4O4/c1-22-21-37(23(2)34-22)27-13-9-12-26(19-27)30(38)20-31(39)35-29-18-25(15-14-24-10-7-6-8-11-24)16-17-28(29)36-32(40)41-33(3,4)5/h6-13,16-19,21H,20H2,1-5H3,(H,35,39)(H,36,40). The highest BCUT2D eigenvalue weighted by atomic mass is 16.6. The summed E-state index contributed by atoms with van der Waals surface area (Å²) < 4.78 is 7.26. The van der Waals surface area contributed by atoms with Gasteiger partial charge in [-0.25, -0.2) is 9.78 Å². The maximum atomic E-state index is 13.1. The monoisotopic (exact) mass is 548 g/mol. The number of hydrogen-bond acceptors (Lipinski definition) is 5. The van der Waals surface area contributed by atoms with Gasteiger partial charge in [0.05, 0.1) is 23.5 Å². The number of anilines is 2. The van der Waals surface area contributed by atoms with Crippen LogP contribution in [0.1, 0.15) is 60.2 Å². The van der Waals surface area contributed by atoms with Gasteiger partial charge in [0.15, 0.2) is 5.78 Å². The lowest BCUT2D eigenvalue weighted by atomic mass is 10.1. The Morgan fingerprint density at radius 2 is 1.59 bits per heavy atom. The zero-order valence-electron chi connectivity index (χ0n) is 23.7. The Bertz CT molecular complexity index is 1650. The highest BCUT2D eigenvalue weighted by Gasteiger charge is 2.19. The molecule has 4 rings (SSSR count). The maximum absolute atomic E-state index is 13.1. The molecule has 8 heteroatoms. The van der Waals surface area contributed by atoms with Crippen LogP contribution < -0.4 is 10.6 Å². The summed E-state index contributed by atoms with van der Waals surface area (Å²) in [6.07, 6.45) is 0.824. The third-order valence-electron chi connectivity index (χ3n) is 5.82. The zero-order chi connectivity index (χ0) is 29.6. The van der Waals surface area contributed by atoms with Crippen molar-refractivity contribution < 1.29 is 19.1 Å². The van der Waals surface area contributed by atoms with Crippen LogP contribution >= 0.6 is 0 Å². The van der Waals surface area contributed by atoms with Crippen molar-refractivity contribution in [3.63, 3.8) is 0 Å². The first-order chi connectivity index (χ1) is 19.5. The van der Waals surface area contributed by atoms with E-state index in [2.05, 4.69) is 27.5 Å². The van der Waals surface area contributed by atoms with Gasteiger partial charge in [-0.3, -0.25) is 14.9 Å². The van der Waals surface area contributed by atoms with E-state index in [1.165, 1.54) is 0 Å². The van der Waals surface area contributed by atoms with E-state index in [0.29, 0.717) is 22.5 Å². The molecule has 0 aliphatic carbocycles. The molecule has 0 saturated heterocycles. The summed E-state index contributed by atoms with van der Waals surface area (Å²) in [6.45, 7) is 9.06. The Kier molecular flexibility index (Phi) is 8.69. The molecule has 0 bridgehead atoms. The van der Waals surface area contributed by atoms with Crippen LogP contribution in [-0.4, -0.2) is 32.9 Å². The van der Waals surface area contributed by atoms with E-state index >= 15 is 0 Å². The molecule has 1 aromatic heterocycles. The first kappa shape index (κ1) is 28.8. The summed E-state index contributed by atoms with van der Waals surface area (Å²) in [6, 6.07) is 21.6. The van der Waals surface area contributed by atoms with Crippen molar-refractivity contribution in [2.24, 2.45) is 0 Å². The third kappa shape index (κ3) is 8.16. The van der Waals surface area contributed by atoms with Crippen molar-refractivity contribution in [2.75, 3.05) is 10.6 Å². The van der Waals surface area contributed by atoms with Crippen molar-refractivity contribution in [3.8, 4) is 17.5 Å². The number of nitrogens with one attached hydrogen (secondary N) is 2. The molecule has 1 heterocycles. The van der Waals surface area contributed by atoms with Crippen molar-refractivity contribution in [1.82, 2.24) is 9.55 Å². The minimum absolute atomic E-state index is 0.298. The van der Waals surface area contributed by atoms with Crippen molar-refractivity contribution in [1.29, 1.82) is 0 Å². The van der Waals surface area contributed by atoms with Crippen LogP contribution in [0.15, 0.2) is 79.0 Å². The van der Waals surface area contributed by atoms with Crippen LogP contribution in [0.25, 0.3) is 5.69 Å². The Morgan fingerprint density at radius 3 is 2.27 bits per heavy atom. The van der Waals surface area contributed by atoms with Crippen LogP contribution in [0, 0.1) is 25.7 Å². The second-order valence-corrected chi connectivity index (χ2v) is 10.5. The number of ketones is 1. The average Bonchev–Trinajstić information content (AvgIpc) is 3.26. The van der Waals surface area contributed by atoms with Crippen LogP contribution in [-0.2, 0) is 9.53 Å². The molecule has 208 valence electrons. The molecule has 2 N–H and O–H groups in total. The smallest absolute Gasteiger partial charge is 0.412 e. The lowest BCUT2D eigenvalue weighted by Gasteiger charge is -2.20. The number of benzene rings is 3. The SMILES string of the molecule is Cc1cn(-c2cccc(C(=O)CC(=O)Nc3cc(C#Cc4ccccc4)ccc3NC(=O)OC(C)(C)C)c2)c(C)n1. The van der Waals surface area contributed by atoms with E-state index in [9.17, 15) is 14.4 Å². The molecule has 0 aliphatic rings. The second-order valence-electron chi connectivity index (χ2n) is 10.5. The number of aryl methyl sites for hydroxylation is 2. The molecule has 0 fully saturated rings. The molecule has 8 nitrogen and oxygen atoms in total. The number of carbonyl (C=O) groups excluding carboxylic acids is 3. The van der Waals surface area contributed by atoms with Gasteiger partial charge < -0.3 is 14.6 Å². The fourth-order valence-corrected chi connectivity index (χ4v) is 4.06. The molecule has 3 aromatic carbocycles. The largest absolute Gasteiger partial charge is 0.444 e. The maximum Gasteiger partial charge on any atom is 0.412 e. The summed E-state index contributed by atoms with van der Waals surface area (Å²) in [5.41, 5.74) is 3.41. The summed E-state index contributed by atoms with van der Waals surface area (Å²) >= 11 is 0. The van der Waals surface area contributed by atoms with Crippen LogP contribution in [0.3, 0.4) is 0 Å². The molecule has 0 aliphatic heterocycles. The Balaban J connectivity index is 1.54. The molecule has 0 unspecified atom stereocenters. The second kappa shape index (κ2) is 12.3. The number of ether oxygens (including phenoxy) is 1. The topological polar surface area (TPSA) is 102 Å². The number of aromatic nitrogens is 2. The molecular weight excluding hydrogens is 516 g/mol. The molecule has 4 aromatic rings. The number of hydrogen-bond donors (Lipinski definition) is 2. The molecular formula is C33H32N4O4. The Labute approximate surface area is 239 Å². The first-order valence-electron chi connectivity index (χ1n) is 13.1. The Morgan fingerprint density at radius 1 is 0.854 bits per heavy atom. The lowest BCUT2D eigenvalue weighted by Crippen LogP contribution is -2.27. The minimum atomic E-state index is -0.705. The molecule has 0 spiro atoms. The van der Waals surface area contributed by atoms with E-state index < -0.39 is 24.0 Å². The lowest BCUT2D eigenvalue weighted by molar-refractivity contribution is -0.115. The van der Waals surface area contributed by atoms with Crippen molar-refractivity contribution in [2.45, 2.75) is 46.6 Å². The predicted molar refractivity (Wildman–Crippen MR) is 159 cm³/mol.